The molecule has 0 aliphatic heterocycles. The van der Waals surface area contributed by atoms with Crippen LogP contribution in [0.5, 0.6) is 0 Å². The van der Waals surface area contributed by atoms with Crippen molar-refractivity contribution in [1.29, 1.82) is 0 Å². The molecule has 116 valence electrons. The van der Waals surface area contributed by atoms with Crippen LogP contribution in [0.4, 0.5) is 5.69 Å². The Labute approximate surface area is 141 Å². The molecule has 0 aliphatic carbocycles. The molecule has 1 N–H and O–H groups in total. The first kappa shape index (κ1) is 15.4. The van der Waals surface area contributed by atoms with Crippen LogP contribution in [0, 0.1) is 0 Å². The molecule has 0 radical (unpaired) electrons. The zero-order chi connectivity index (χ0) is 16.1. The van der Waals surface area contributed by atoms with Crippen LogP contribution in [-0.2, 0) is 11.2 Å². The fraction of sp³-hybridized carbons (Fsp3) is 0.118. The highest BCUT2D eigenvalue weighted by atomic mass is 79.9. The third-order valence-electron chi connectivity index (χ3n) is 3.28. The van der Waals surface area contributed by atoms with Crippen molar-refractivity contribution in [2.24, 2.45) is 0 Å². The molecule has 0 saturated heterocycles. The second-order valence-electron chi connectivity index (χ2n) is 5.00. The zero-order valence-electron chi connectivity index (χ0n) is 12.2. The molecule has 0 atom stereocenters. The van der Waals surface area contributed by atoms with Crippen molar-refractivity contribution in [3.05, 3.63) is 65.0 Å². The van der Waals surface area contributed by atoms with Crippen molar-refractivity contribution in [3.63, 3.8) is 0 Å². The second-order valence-corrected chi connectivity index (χ2v) is 5.92. The van der Waals surface area contributed by atoms with Crippen LogP contribution in [0.1, 0.15) is 12.0 Å². The number of aryl methyl sites for hydroxylation is 1. The van der Waals surface area contributed by atoms with Crippen molar-refractivity contribution < 1.29 is 9.21 Å². The summed E-state index contributed by atoms with van der Waals surface area (Å²) in [4.78, 5) is 12.1. The fourth-order valence-corrected chi connectivity index (χ4v) is 2.65. The van der Waals surface area contributed by atoms with E-state index in [1.807, 2.05) is 48.5 Å². The van der Waals surface area contributed by atoms with Gasteiger partial charge in [-0.1, -0.05) is 34.1 Å². The molecule has 6 heteroatoms. The van der Waals surface area contributed by atoms with Gasteiger partial charge in [0, 0.05) is 22.1 Å². The largest absolute Gasteiger partial charge is 0.423 e. The van der Waals surface area contributed by atoms with Crippen LogP contribution < -0.4 is 5.32 Å². The van der Waals surface area contributed by atoms with Gasteiger partial charge in [0.1, 0.15) is 0 Å². The molecule has 0 bridgehead atoms. The average Bonchev–Trinajstić information content (AvgIpc) is 3.08. The maximum atomic E-state index is 12.1. The lowest BCUT2D eigenvalue weighted by molar-refractivity contribution is -0.116. The highest BCUT2D eigenvalue weighted by Gasteiger charge is 2.07. The van der Waals surface area contributed by atoms with Crippen LogP contribution in [0.15, 0.2) is 63.8 Å². The summed E-state index contributed by atoms with van der Waals surface area (Å²) >= 11 is 3.43. The van der Waals surface area contributed by atoms with E-state index in [2.05, 4.69) is 31.4 Å². The minimum absolute atomic E-state index is 0.0346. The smallest absolute Gasteiger partial charge is 0.247 e. The van der Waals surface area contributed by atoms with Crippen molar-refractivity contribution in [3.8, 4) is 11.5 Å². The minimum Gasteiger partial charge on any atom is -0.423 e. The summed E-state index contributed by atoms with van der Waals surface area (Å²) < 4.78 is 6.17. The third-order valence-corrected chi connectivity index (χ3v) is 3.78. The van der Waals surface area contributed by atoms with E-state index >= 15 is 0 Å². The molecule has 0 unspecified atom stereocenters. The number of nitrogens with zero attached hydrogens (tertiary/aromatic N) is 2. The van der Waals surface area contributed by atoms with Gasteiger partial charge in [-0.25, -0.2) is 0 Å². The highest BCUT2D eigenvalue weighted by Crippen LogP contribution is 2.20. The Hall–Kier alpha value is -2.47. The lowest BCUT2D eigenvalue weighted by atomic mass is 10.1. The van der Waals surface area contributed by atoms with E-state index in [4.69, 9.17) is 4.42 Å². The molecule has 23 heavy (non-hydrogen) atoms. The van der Waals surface area contributed by atoms with Gasteiger partial charge in [0.2, 0.25) is 18.2 Å². The summed E-state index contributed by atoms with van der Waals surface area (Å²) in [6.07, 6.45) is 2.38. The van der Waals surface area contributed by atoms with Crippen LogP contribution >= 0.6 is 15.9 Å². The number of benzene rings is 2. The van der Waals surface area contributed by atoms with Crippen molar-refractivity contribution in [2.75, 3.05) is 5.32 Å². The summed E-state index contributed by atoms with van der Waals surface area (Å²) in [7, 11) is 0. The summed E-state index contributed by atoms with van der Waals surface area (Å²) in [6.45, 7) is 0. The molecular weight excluding hydrogens is 358 g/mol. The quantitative estimate of drug-likeness (QED) is 0.733. The summed E-state index contributed by atoms with van der Waals surface area (Å²) in [6, 6.07) is 15.3. The summed E-state index contributed by atoms with van der Waals surface area (Å²) in [5.41, 5.74) is 2.60. The number of nitrogens with one attached hydrogen (secondary N) is 1. The van der Waals surface area contributed by atoms with Crippen LogP contribution in [0.3, 0.4) is 0 Å². The molecule has 5 nitrogen and oxygen atoms in total. The Morgan fingerprint density at radius 3 is 2.83 bits per heavy atom. The lowest BCUT2D eigenvalue weighted by Crippen LogP contribution is -2.12. The Balaban J connectivity index is 1.61. The fourth-order valence-electron chi connectivity index (χ4n) is 2.20. The van der Waals surface area contributed by atoms with Gasteiger partial charge in [-0.2, -0.15) is 0 Å². The van der Waals surface area contributed by atoms with Gasteiger partial charge < -0.3 is 9.73 Å². The van der Waals surface area contributed by atoms with Gasteiger partial charge in [-0.3, -0.25) is 4.79 Å². The number of halogens is 1. The van der Waals surface area contributed by atoms with E-state index in [0.717, 1.165) is 15.6 Å². The monoisotopic (exact) mass is 371 g/mol. The van der Waals surface area contributed by atoms with Crippen LogP contribution in [0.2, 0.25) is 0 Å². The molecule has 0 saturated carbocycles. The number of aromatic nitrogens is 2. The molecule has 0 aliphatic rings. The molecule has 0 spiro atoms. The predicted octanol–water partition coefficient (Wildman–Crippen LogP) is 4.07. The molecule has 3 rings (SSSR count). The van der Waals surface area contributed by atoms with Crippen molar-refractivity contribution in [2.45, 2.75) is 12.8 Å². The van der Waals surface area contributed by atoms with E-state index in [0.29, 0.717) is 24.4 Å². The van der Waals surface area contributed by atoms with Crippen LogP contribution in [0.25, 0.3) is 11.5 Å². The Kier molecular flexibility index (Phi) is 4.83. The normalized spacial score (nSPS) is 10.5. The van der Waals surface area contributed by atoms with Gasteiger partial charge in [0.25, 0.3) is 0 Å². The number of hydrogen-bond acceptors (Lipinski definition) is 4. The van der Waals surface area contributed by atoms with Crippen LogP contribution in [-0.4, -0.2) is 16.1 Å². The van der Waals surface area contributed by atoms with Crippen molar-refractivity contribution >= 4 is 27.5 Å². The first-order chi connectivity index (χ1) is 11.2. The number of rotatable bonds is 5. The zero-order valence-corrected chi connectivity index (χ0v) is 13.8. The number of amides is 1. The molecule has 1 amide bonds. The average molecular weight is 372 g/mol. The number of anilines is 1. The van der Waals surface area contributed by atoms with Gasteiger partial charge in [-0.05, 0) is 42.3 Å². The Morgan fingerprint density at radius 1 is 1.17 bits per heavy atom. The lowest BCUT2D eigenvalue weighted by Gasteiger charge is -2.06. The molecule has 0 fully saturated rings. The predicted molar refractivity (Wildman–Crippen MR) is 90.8 cm³/mol. The third kappa shape index (κ3) is 4.26. The molecule has 1 aromatic heterocycles. The van der Waals surface area contributed by atoms with Gasteiger partial charge in [0.05, 0.1) is 0 Å². The van der Waals surface area contributed by atoms with E-state index in [1.54, 1.807) is 0 Å². The first-order valence-corrected chi connectivity index (χ1v) is 7.91. The van der Waals surface area contributed by atoms with E-state index in [1.165, 1.54) is 6.39 Å². The van der Waals surface area contributed by atoms with Gasteiger partial charge >= 0.3 is 0 Å². The maximum absolute atomic E-state index is 12.1. The first-order valence-electron chi connectivity index (χ1n) is 7.11. The molecular formula is C17H14BrN3O2. The van der Waals surface area contributed by atoms with E-state index in [9.17, 15) is 4.79 Å². The summed E-state index contributed by atoms with van der Waals surface area (Å²) in [5.74, 6) is 0.392. The molecule has 3 aromatic rings. The number of carbonyl (C=O) groups is 1. The molecule has 2 aromatic carbocycles. The Bertz CT molecular complexity index is 803. The van der Waals surface area contributed by atoms with Gasteiger partial charge in [0.15, 0.2) is 0 Å². The number of carbonyl (C=O) groups excluding carboxylic acids is 1. The van der Waals surface area contributed by atoms with E-state index in [-0.39, 0.29) is 5.91 Å². The SMILES string of the molecule is O=C(CCc1cccc(Br)c1)Nc1cccc(-c2nnco2)c1. The second kappa shape index (κ2) is 7.19. The maximum Gasteiger partial charge on any atom is 0.247 e. The molecule has 1 heterocycles. The summed E-state index contributed by atoms with van der Waals surface area (Å²) in [5, 5.41) is 10.4. The Morgan fingerprint density at radius 2 is 2.04 bits per heavy atom. The minimum atomic E-state index is -0.0346. The van der Waals surface area contributed by atoms with Crippen molar-refractivity contribution in [1.82, 2.24) is 10.2 Å². The number of hydrogen-bond donors (Lipinski definition) is 1. The van der Waals surface area contributed by atoms with Gasteiger partial charge in [-0.15, -0.1) is 10.2 Å². The topological polar surface area (TPSA) is 68.0 Å². The standard InChI is InChI=1S/C17H14BrN3O2/c18-14-5-1-3-12(9-14)7-8-16(22)20-15-6-2-4-13(10-15)17-21-19-11-23-17/h1-6,9-11H,7-8H2,(H,20,22). The highest BCUT2D eigenvalue weighted by molar-refractivity contribution is 9.10. The van der Waals surface area contributed by atoms with E-state index < -0.39 is 0 Å².